The molecule has 2 aliphatic heterocycles. The fourth-order valence-electron chi connectivity index (χ4n) is 3.96. The van der Waals surface area contributed by atoms with E-state index in [0.717, 1.165) is 5.56 Å². The van der Waals surface area contributed by atoms with Crippen LogP contribution in [0.1, 0.15) is 39.9 Å². The van der Waals surface area contributed by atoms with Gasteiger partial charge in [-0.2, -0.15) is 0 Å². The summed E-state index contributed by atoms with van der Waals surface area (Å²) >= 11 is 0. The van der Waals surface area contributed by atoms with Crippen molar-refractivity contribution in [1.29, 1.82) is 0 Å². The smallest absolute Gasteiger partial charge is 0.412 e. The number of benzene rings is 2. The number of hydrogen-bond acceptors (Lipinski definition) is 6. The van der Waals surface area contributed by atoms with Crippen molar-refractivity contribution in [2.45, 2.75) is 39.0 Å². The SMILES string of the molecule is COc1cc(NC(=O)OCc2ccc3c(c2)C(=O)N(C2CCC(=O)NC2=O)C3)c(F)cc1C. The largest absolute Gasteiger partial charge is 0.496 e. The first-order valence-electron chi connectivity index (χ1n) is 10.3. The average Bonchev–Trinajstić information content (AvgIpc) is 3.10. The summed E-state index contributed by atoms with van der Waals surface area (Å²) in [5, 5.41) is 4.60. The summed E-state index contributed by atoms with van der Waals surface area (Å²) in [4.78, 5) is 50.0. The molecule has 1 unspecified atom stereocenters. The molecule has 0 spiro atoms. The topological polar surface area (TPSA) is 114 Å². The Morgan fingerprint density at radius 1 is 1.24 bits per heavy atom. The zero-order chi connectivity index (χ0) is 23.7. The van der Waals surface area contributed by atoms with Gasteiger partial charge in [-0.25, -0.2) is 9.18 Å². The summed E-state index contributed by atoms with van der Waals surface area (Å²) < 4.78 is 24.4. The van der Waals surface area contributed by atoms with E-state index in [1.54, 1.807) is 25.1 Å². The van der Waals surface area contributed by atoms with Crippen molar-refractivity contribution in [2.75, 3.05) is 12.4 Å². The van der Waals surface area contributed by atoms with E-state index >= 15 is 0 Å². The van der Waals surface area contributed by atoms with Crippen molar-refractivity contribution in [1.82, 2.24) is 10.2 Å². The number of carbonyl (C=O) groups excluding carboxylic acids is 4. The molecular weight excluding hydrogens is 433 g/mol. The van der Waals surface area contributed by atoms with Crippen molar-refractivity contribution < 1.29 is 33.0 Å². The van der Waals surface area contributed by atoms with E-state index in [9.17, 15) is 23.6 Å². The molecule has 1 fully saturated rings. The monoisotopic (exact) mass is 455 g/mol. The standard InChI is InChI=1S/C23H22FN3O6/c1-12-7-16(24)17(9-19(12)32-2)25-23(31)33-11-13-3-4-14-10-27(22(30)15(14)8-13)18-5-6-20(28)26-21(18)29/h3-4,7-9,18H,5-6,10-11H2,1-2H3,(H,25,31)(H,26,28,29). The van der Waals surface area contributed by atoms with Gasteiger partial charge in [0.25, 0.3) is 5.91 Å². The number of hydrogen-bond donors (Lipinski definition) is 2. The van der Waals surface area contributed by atoms with Gasteiger partial charge in [0.1, 0.15) is 24.2 Å². The lowest BCUT2D eigenvalue weighted by molar-refractivity contribution is -0.136. The summed E-state index contributed by atoms with van der Waals surface area (Å²) in [6.07, 6.45) is -0.407. The number of imide groups is 1. The molecule has 2 aliphatic rings. The lowest BCUT2D eigenvalue weighted by Crippen LogP contribution is -2.52. The van der Waals surface area contributed by atoms with Crippen LogP contribution in [0.2, 0.25) is 0 Å². The van der Waals surface area contributed by atoms with Crippen molar-refractivity contribution in [3.05, 3.63) is 58.4 Å². The molecule has 2 aromatic carbocycles. The Bertz CT molecular complexity index is 1170. The highest BCUT2D eigenvalue weighted by Gasteiger charge is 2.39. The van der Waals surface area contributed by atoms with Crippen LogP contribution in [-0.4, -0.2) is 41.9 Å². The van der Waals surface area contributed by atoms with E-state index in [-0.39, 0.29) is 43.5 Å². The van der Waals surface area contributed by atoms with Crippen LogP contribution in [0.4, 0.5) is 14.9 Å². The van der Waals surface area contributed by atoms with E-state index in [0.29, 0.717) is 22.4 Å². The molecular formula is C23H22FN3O6. The first kappa shape index (κ1) is 22.3. The number of nitrogens with one attached hydrogen (secondary N) is 2. The second-order valence-corrected chi connectivity index (χ2v) is 7.89. The van der Waals surface area contributed by atoms with Crippen LogP contribution in [0.5, 0.6) is 5.75 Å². The van der Waals surface area contributed by atoms with Gasteiger partial charge in [0, 0.05) is 24.6 Å². The Balaban J connectivity index is 1.39. The lowest BCUT2D eigenvalue weighted by atomic mass is 10.0. The van der Waals surface area contributed by atoms with Crippen molar-refractivity contribution in [3.63, 3.8) is 0 Å². The number of halogens is 1. The van der Waals surface area contributed by atoms with Gasteiger partial charge in [0.05, 0.1) is 12.8 Å². The number of anilines is 1. The summed E-state index contributed by atoms with van der Waals surface area (Å²) in [6, 6.07) is 6.96. The molecule has 1 atom stereocenters. The highest BCUT2D eigenvalue weighted by Crippen LogP contribution is 2.29. The number of aryl methyl sites for hydroxylation is 1. The molecule has 4 amide bonds. The van der Waals surface area contributed by atoms with E-state index < -0.39 is 23.9 Å². The number of rotatable bonds is 5. The van der Waals surface area contributed by atoms with Gasteiger partial charge in [0.15, 0.2) is 0 Å². The van der Waals surface area contributed by atoms with Crippen LogP contribution in [0.15, 0.2) is 30.3 Å². The number of fused-ring (bicyclic) bond motifs is 1. The third-order valence-corrected chi connectivity index (χ3v) is 5.68. The highest BCUT2D eigenvalue weighted by atomic mass is 19.1. The molecule has 172 valence electrons. The molecule has 0 aliphatic carbocycles. The van der Waals surface area contributed by atoms with E-state index in [2.05, 4.69) is 10.6 Å². The maximum Gasteiger partial charge on any atom is 0.412 e. The maximum absolute atomic E-state index is 14.1. The van der Waals surface area contributed by atoms with Crippen molar-refractivity contribution >= 4 is 29.5 Å². The first-order valence-corrected chi connectivity index (χ1v) is 10.3. The van der Waals surface area contributed by atoms with E-state index in [4.69, 9.17) is 9.47 Å². The predicted molar refractivity (Wildman–Crippen MR) is 114 cm³/mol. The number of methoxy groups -OCH3 is 1. The van der Waals surface area contributed by atoms with Crippen LogP contribution in [0, 0.1) is 12.7 Å². The lowest BCUT2D eigenvalue weighted by Gasteiger charge is -2.29. The quantitative estimate of drug-likeness (QED) is 0.670. The van der Waals surface area contributed by atoms with Gasteiger partial charge >= 0.3 is 6.09 Å². The average molecular weight is 455 g/mol. The molecule has 2 aromatic rings. The fraction of sp³-hybridized carbons (Fsp3) is 0.304. The Kier molecular flexibility index (Phi) is 5.99. The number of piperidine rings is 1. The van der Waals surface area contributed by atoms with Crippen molar-refractivity contribution in [2.24, 2.45) is 0 Å². The molecule has 10 heteroatoms. The number of carbonyl (C=O) groups is 4. The van der Waals surface area contributed by atoms with Crippen LogP contribution in [-0.2, 0) is 27.5 Å². The number of nitrogens with zero attached hydrogens (tertiary/aromatic N) is 1. The molecule has 2 N–H and O–H groups in total. The van der Waals surface area contributed by atoms with Crippen LogP contribution >= 0.6 is 0 Å². The Labute approximate surface area is 188 Å². The normalized spacial score (nSPS) is 17.5. The number of amides is 4. The zero-order valence-electron chi connectivity index (χ0n) is 18.1. The first-order chi connectivity index (χ1) is 15.8. The molecule has 0 aromatic heterocycles. The van der Waals surface area contributed by atoms with Gasteiger partial charge in [-0.15, -0.1) is 0 Å². The highest BCUT2D eigenvalue weighted by molar-refractivity contribution is 6.05. The van der Waals surface area contributed by atoms with E-state index in [1.165, 1.54) is 24.1 Å². The van der Waals surface area contributed by atoms with Gasteiger partial charge in [-0.3, -0.25) is 25.0 Å². The molecule has 2 heterocycles. The number of ether oxygens (including phenoxy) is 2. The summed E-state index contributed by atoms with van der Waals surface area (Å²) in [5.41, 5.74) is 2.22. The maximum atomic E-state index is 14.1. The second kappa shape index (κ2) is 8.89. The molecule has 0 saturated carbocycles. The predicted octanol–water partition coefficient (Wildman–Crippen LogP) is 2.65. The van der Waals surface area contributed by atoms with E-state index in [1.807, 2.05) is 0 Å². The second-order valence-electron chi connectivity index (χ2n) is 7.89. The third kappa shape index (κ3) is 4.50. The van der Waals surface area contributed by atoms with Crippen molar-refractivity contribution in [3.8, 4) is 5.75 Å². The van der Waals surface area contributed by atoms with Gasteiger partial charge in [-0.1, -0.05) is 12.1 Å². The molecule has 9 nitrogen and oxygen atoms in total. The molecule has 4 rings (SSSR count). The van der Waals surface area contributed by atoms with Gasteiger partial charge in [-0.05, 0) is 42.2 Å². The Morgan fingerprint density at radius 3 is 2.76 bits per heavy atom. The fourth-order valence-corrected chi connectivity index (χ4v) is 3.96. The molecule has 0 radical (unpaired) electrons. The third-order valence-electron chi connectivity index (χ3n) is 5.68. The summed E-state index contributed by atoms with van der Waals surface area (Å²) in [6.45, 7) is 1.80. The van der Waals surface area contributed by atoms with Crippen LogP contribution in [0.3, 0.4) is 0 Å². The minimum absolute atomic E-state index is 0.0773. The van der Waals surface area contributed by atoms with Crippen LogP contribution in [0.25, 0.3) is 0 Å². The Morgan fingerprint density at radius 2 is 2.03 bits per heavy atom. The molecule has 33 heavy (non-hydrogen) atoms. The Hall–Kier alpha value is -3.95. The van der Waals surface area contributed by atoms with Gasteiger partial charge in [0.2, 0.25) is 11.8 Å². The molecule has 1 saturated heterocycles. The van der Waals surface area contributed by atoms with Crippen LogP contribution < -0.4 is 15.4 Å². The summed E-state index contributed by atoms with van der Waals surface area (Å²) in [7, 11) is 1.44. The van der Waals surface area contributed by atoms with Gasteiger partial charge < -0.3 is 14.4 Å². The summed E-state index contributed by atoms with van der Waals surface area (Å²) in [5.74, 6) is -1.35. The minimum Gasteiger partial charge on any atom is -0.496 e. The molecule has 0 bridgehead atoms. The minimum atomic E-state index is -0.864. The zero-order valence-corrected chi connectivity index (χ0v) is 18.1.